The van der Waals surface area contributed by atoms with Crippen LogP contribution in [0.1, 0.15) is 27.7 Å². The molecular weight excluding hydrogens is 376 g/mol. The average molecular weight is 396 g/mol. The molecule has 0 spiro atoms. The fraction of sp³-hybridized carbons (Fsp3) is 0.350. The van der Waals surface area contributed by atoms with Gasteiger partial charge in [0.2, 0.25) is 5.91 Å². The van der Waals surface area contributed by atoms with Crippen LogP contribution >= 0.6 is 11.3 Å². The number of nitrogens with one attached hydrogen (secondary N) is 1. The SMILES string of the molecule is O=C(c1cc(-c2ccco2)[nH]n1)N1CCN(C(=O)[C@@H]2C[C@@H]2c2cccs2)CC1. The van der Waals surface area contributed by atoms with Gasteiger partial charge in [0.25, 0.3) is 5.91 Å². The third-order valence-corrected chi connectivity index (χ3v) is 6.48. The fourth-order valence-electron chi connectivity index (χ4n) is 3.80. The second-order valence-electron chi connectivity index (χ2n) is 7.23. The molecule has 3 aromatic heterocycles. The summed E-state index contributed by atoms with van der Waals surface area (Å²) in [4.78, 5) is 30.4. The molecule has 2 aliphatic rings. The maximum atomic E-state index is 12.7. The van der Waals surface area contributed by atoms with E-state index >= 15 is 0 Å². The van der Waals surface area contributed by atoms with Crippen molar-refractivity contribution in [2.45, 2.75) is 12.3 Å². The van der Waals surface area contributed by atoms with Gasteiger partial charge in [-0.15, -0.1) is 11.3 Å². The summed E-state index contributed by atoms with van der Waals surface area (Å²) < 4.78 is 5.32. The summed E-state index contributed by atoms with van der Waals surface area (Å²) in [5.74, 6) is 1.25. The summed E-state index contributed by atoms with van der Waals surface area (Å²) in [6, 6.07) is 9.45. The van der Waals surface area contributed by atoms with Gasteiger partial charge in [0.15, 0.2) is 11.5 Å². The van der Waals surface area contributed by atoms with E-state index in [0.717, 1.165) is 6.42 Å². The van der Waals surface area contributed by atoms with Gasteiger partial charge in [-0.3, -0.25) is 14.7 Å². The lowest BCUT2D eigenvalue weighted by atomic mass is 10.2. The minimum Gasteiger partial charge on any atom is -0.463 e. The molecule has 144 valence electrons. The summed E-state index contributed by atoms with van der Waals surface area (Å²) in [7, 11) is 0. The van der Waals surface area contributed by atoms with Crippen LogP contribution in [0.2, 0.25) is 0 Å². The molecule has 3 aromatic rings. The highest BCUT2D eigenvalue weighted by molar-refractivity contribution is 7.10. The van der Waals surface area contributed by atoms with Crippen LogP contribution in [0.3, 0.4) is 0 Å². The van der Waals surface area contributed by atoms with Crippen molar-refractivity contribution in [3.8, 4) is 11.5 Å². The number of piperazine rings is 1. The number of furan rings is 1. The van der Waals surface area contributed by atoms with E-state index in [0.29, 0.717) is 49.2 Å². The number of H-pyrrole nitrogens is 1. The van der Waals surface area contributed by atoms with Gasteiger partial charge in [0.1, 0.15) is 5.69 Å². The number of nitrogens with zero attached hydrogens (tertiary/aromatic N) is 3. The number of aromatic amines is 1. The molecular formula is C20H20N4O3S. The number of aromatic nitrogens is 2. The van der Waals surface area contributed by atoms with Crippen LogP contribution in [0.5, 0.6) is 0 Å². The number of hydrogen-bond acceptors (Lipinski definition) is 5. The Morgan fingerprint density at radius 1 is 1.14 bits per heavy atom. The van der Waals surface area contributed by atoms with Gasteiger partial charge >= 0.3 is 0 Å². The molecule has 0 bridgehead atoms. The fourth-order valence-corrected chi connectivity index (χ4v) is 4.71. The zero-order chi connectivity index (χ0) is 19.1. The molecule has 28 heavy (non-hydrogen) atoms. The molecule has 4 heterocycles. The smallest absolute Gasteiger partial charge is 0.274 e. The van der Waals surface area contributed by atoms with Crippen LogP contribution in [0.4, 0.5) is 0 Å². The van der Waals surface area contributed by atoms with Gasteiger partial charge in [-0.25, -0.2) is 0 Å². The van der Waals surface area contributed by atoms with Crippen molar-refractivity contribution < 1.29 is 14.0 Å². The van der Waals surface area contributed by atoms with Crippen LogP contribution in [-0.4, -0.2) is 58.0 Å². The Kier molecular flexibility index (Phi) is 4.27. The van der Waals surface area contributed by atoms with Gasteiger partial charge in [0, 0.05) is 49.0 Å². The molecule has 1 aliphatic heterocycles. The molecule has 2 fully saturated rings. The normalized spacial score (nSPS) is 21.7. The Morgan fingerprint density at radius 3 is 2.68 bits per heavy atom. The quantitative estimate of drug-likeness (QED) is 0.735. The highest BCUT2D eigenvalue weighted by Crippen LogP contribution is 2.50. The first-order chi connectivity index (χ1) is 13.7. The Bertz CT molecular complexity index is 971. The Labute approximate surface area is 165 Å². The second-order valence-corrected chi connectivity index (χ2v) is 8.21. The molecule has 0 radical (unpaired) electrons. The standard InChI is InChI=1S/C20H20N4O3S/c25-19(14-11-13(14)18-4-2-10-28-18)23-5-7-24(8-6-23)20(26)16-12-15(21-22-16)17-3-1-9-27-17/h1-4,9-10,12-14H,5-8,11H2,(H,21,22)/t13-,14+/m0/s1. The summed E-state index contributed by atoms with van der Waals surface area (Å²) in [5, 5.41) is 9.03. The lowest BCUT2D eigenvalue weighted by Crippen LogP contribution is -2.51. The van der Waals surface area contributed by atoms with Crippen molar-refractivity contribution in [1.82, 2.24) is 20.0 Å². The molecule has 1 saturated heterocycles. The molecule has 0 aromatic carbocycles. The number of hydrogen-bond donors (Lipinski definition) is 1. The van der Waals surface area contributed by atoms with Crippen molar-refractivity contribution in [3.05, 3.63) is 52.5 Å². The summed E-state index contributed by atoms with van der Waals surface area (Å²) in [6.45, 7) is 2.22. The largest absolute Gasteiger partial charge is 0.463 e. The van der Waals surface area contributed by atoms with E-state index < -0.39 is 0 Å². The first-order valence-corrected chi connectivity index (χ1v) is 10.3. The summed E-state index contributed by atoms with van der Waals surface area (Å²) in [6.07, 6.45) is 2.53. The van der Waals surface area contributed by atoms with E-state index in [2.05, 4.69) is 21.6 Å². The maximum absolute atomic E-state index is 12.7. The minimum atomic E-state index is -0.121. The molecule has 5 rings (SSSR count). The second kappa shape index (κ2) is 6.94. The molecule has 2 atom stereocenters. The topological polar surface area (TPSA) is 82.4 Å². The Hall–Kier alpha value is -2.87. The zero-order valence-electron chi connectivity index (χ0n) is 15.2. The zero-order valence-corrected chi connectivity index (χ0v) is 16.0. The highest BCUT2D eigenvalue weighted by Gasteiger charge is 2.46. The third kappa shape index (κ3) is 3.13. The van der Waals surface area contributed by atoms with Gasteiger partial charge < -0.3 is 14.2 Å². The number of rotatable bonds is 4. The van der Waals surface area contributed by atoms with Crippen molar-refractivity contribution in [1.29, 1.82) is 0 Å². The van der Waals surface area contributed by atoms with Gasteiger partial charge in [-0.2, -0.15) is 5.10 Å². The third-order valence-electron chi connectivity index (χ3n) is 5.48. The summed E-state index contributed by atoms with van der Waals surface area (Å²) in [5.41, 5.74) is 1.04. The Balaban J connectivity index is 1.17. The molecule has 1 N–H and O–H groups in total. The van der Waals surface area contributed by atoms with Crippen LogP contribution in [0.25, 0.3) is 11.5 Å². The number of carbonyl (C=O) groups excluding carboxylic acids is 2. The van der Waals surface area contributed by atoms with Crippen LogP contribution < -0.4 is 0 Å². The van der Waals surface area contributed by atoms with Gasteiger partial charge in [-0.1, -0.05) is 6.07 Å². The molecule has 7 nitrogen and oxygen atoms in total. The van der Waals surface area contributed by atoms with Gasteiger partial charge in [0.05, 0.1) is 6.26 Å². The molecule has 1 aliphatic carbocycles. The predicted molar refractivity (Wildman–Crippen MR) is 104 cm³/mol. The molecule has 8 heteroatoms. The number of thiophene rings is 1. The molecule has 1 saturated carbocycles. The van der Waals surface area contributed by atoms with E-state index in [9.17, 15) is 9.59 Å². The molecule has 2 amide bonds. The highest BCUT2D eigenvalue weighted by atomic mass is 32.1. The van der Waals surface area contributed by atoms with Gasteiger partial charge in [-0.05, 0) is 30.0 Å². The van der Waals surface area contributed by atoms with E-state index in [-0.39, 0.29) is 17.7 Å². The predicted octanol–water partition coefficient (Wildman–Crippen LogP) is 2.82. The molecule has 0 unspecified atom stereocenters. The van der Waals surface area contributed by atoms with Crippen LogP contribution in [0.15, 0.2) is 46.4 Å². The maximum Gasteiger partial charge on any atom is 0.274 e. The van der Waals surface area contributed by atoms with E-state index in [1.54, 1.807) is 34.6 Å². The number of amides is 2. The first kappa shape index (κ1) is 17.2. The van der Waals surface area contributed by atoms with E-state index in [1.807, 2.05) is 17.0 Å². The number of carbonyl (C=O) groups is 2. The van der Waals surface area contributed by atoms with Crippen LogP contribution in [0, 0.1) is 5.92 Å². The minimum absolute atomic E-state index is 0.114. The lowest BCUT2D eigenvalue weighted by molar-refractivity contribution is -0.134. The Morgan fingerprint density at radius 2 is 1.96 bits per heavy atom. The van der Waals surface area contributed by atoms with Crippen LogP contribution in [-0.2, 0) is 4.79 Å². The van der Waals surface area contributed by atoms with Crippen molar-refractivity contribution in [2.24, 2.45) is 5.92 Å². The van der Waals surface area contributed by atoms with Crippen molar-refractivity contribution >= 4 is 23.2 Å². The lowest BCUT2D eigenvalue weighted by Gasteiger charge is -2.34. The summed E-state index contributed by atoms with van der Waals surface area (Å²) >= 11 is 1.72. The van der Waals surface area contributed by atoms with Crippen molar-refractivity contribution in [2.75, 3.05) is 26.2 Å². The van der Waals surface area contributed by atoms with E-state index in [4.69, 9.17) is 4.42 Å². The average Bonchev–Trinajstić information content (AvgIpc) is 3.21. The van der Waals surface area contributed by atoms with Crippen molar-refractivity contribution in [3.63, 3.8) is 0 Å². The van der Waals surface area contributed by atoms with E-state index in [1.165, 1.54) is 4.88 Å². The monoisotopic (exact) mass is 396 g/mol. The first-order valence-electron chi connectivity index (χ1n) is 9.41.